The molecule has 1 aromatic heterocycles. The van der Waals surface area contributed by atoms with Crippen LogP contribution in [-0.2, 0) is 6.54 Å². The molecule has 0 aliphatic rings. The van der Waals surface area contributed by atoms with E-state index in [1.165, 1.54) is 5.56 Å². The lowest BCUT2D eigenvalue weighted by atomic mass is 10.1. The van der Waals surface area contributed by atoms with E-state index in [4.69, 9.17) is 16.1 Å². The van der Waals surface area contributed by atoms with Crippen LogP contribution in [-0.4, -0.2) is 10.1 Å². The van der Waals surface area contributed by atoms with Gasteiger partial charge in [-0.05, 0) is 25.1 Å². The van der Waals surface area contributed by atoms with E-state index in [1.54, 1.807) is 0 Å². The summed E-state index contributed by atoms with van der Waals surface area (Å²) in [7, 11) is 0. The summed E-state index contributed by atoms with van der Waals surface area (Å²) < 4.78 is 5.24. The molecule has 0 amide bonds. The first-order chi connectivity index (χ1) is 10.2. The lowest BCUT2D eigenvalue weighted by Gasteiger charge is -2.02. The van der Waals surface area contributed by atoms with E-state index in [1.807, 2.05) is 55.5 Å². The molecule has 0 aliphatic carbocycles. The monoisotopic (exact) mass is 299 g/mol. The Morgan fingerprint density at radius 2 is 1.95 bits per heavy atom. The van der Waals surface area contributed by atoms with Gasteiger partial charge in [0.1, 0.15) is 0 Å². The molecule has 0 aliphatic heterocycles. The maximum absolute atomic E-state index is 5.93. The van der Waals surface area contributed by atoms with Crippen LogP contribution in [0, 0.1) is 6.92 Å². The van der Waals surface area contributed by atoms with Crippen molar-refractivity contribution in [2.24, 2.45) is 0 Å². The molecular formula is C16H14ClN3O. The third-order valence-electron chi connectivity index (χ3n) is 3.05. The van der Waals surface area contributed by atoms with Crippen LogP contribution in [0.3, 0.4) is 0 Å². The summed E-state index contributed by atoms with van der Waals surface area (Å²) in [6.07, 6.45) is 0. The summed E-state index contributed by atoms with van der Waals surface area (Å²) in [4.78, 5) is 4.37. The van der Waals surface area contributed by atoms with Gasteiger partial charge in [0, 0.05) is 16.3 Å². The topological polar surface area (TPSA) is 51.0 Å². The minimum absolute atomic E-state index is 0.458. The minimum atomic E-state index is 0.458. The van der Waals surface area contributed by atoms with E-state index in [2.05, 4.69) is 15.5 Å². The van der Waals surface area contributed by atoms with Crippen LogP contribution in [0.2, 0.25) is 5.02 Å². The Morgan fingerprint density at radius 3 is 2.71 bits per heavy atom. The van der Waals surface area contributed by atoms with Crippen molar-refractivity contribution in [3.63, 3.8) is 0 Å². The molecule has 106 valence electrons. The summed E-state index contributed by atoms with van der Waals surface area (Å²) in [5.41, 5.74) is 3.06. The van der Waals surface area contributed by atoms with Crippen LogP contribution < -0.4 is 5.32 Å². The largest absolute Gasteiger partial charge is 0.376 e. The molecule has 0 radical (unpaired) electrons. The fourth-order valence-corrected chi connectivity index (χ4v) is 2.11. The first-order valence-electron chi connectivity index (χ1n) is 6.60. The van der Waals surface area contributed by atoms with Crippen LogP contribution >= 0.6 is 11.6 Å². The van der Waals surface area contributed by atoms with Gasteiger partial charge in [-0.15, -0.1) is 0 Å². The summed E-state index contributed by atoms with van der Waals surface area (Å²) in [5, 5.41) is 7.87. The second-order valence-electron chi connectivity index (χ2n) is 4.74. The van der Waals surface area contributed by atoms with Crippen molar-refractivity contribution in [1.82, 2.24) is 10.1 Å². The summed E-state index contributed by atoms with van der Waals surface area (Å²) >= 11 is 5.93. The molecule has 0 saturated heterocycles. The van der Waals surface area contributed by atoms with E-state index in [0.29, 0.717) is 23.3 Å². The first-order valence-corrected chi connectivity index (χ1v) is 6.97. The Hall–Kier alpha value is -2.33. The Balaban J connectivity index is 1.69. The van der Waals surface area contributed by atoms with Crippen LogP contribution in [0.15, 0.2) is 53.1 Å². The molecule has 0 unspecified atom stereocenters. The fourth-order valence-electron chi connectivity index (χ4n) is 1.92. The smallest absolute Gasteiger partial charge is 0.246 e. The predicted molar refractivity (Wildman–Crippen MR) is 83.2 cm³/mol. The number of nitrogens with zero attached hydrogens (tertiary/aromatic N) is 2. The number of halogens is 1. The number of aryl methyl sites for hydroxylation is 1. The molecule has 1 heterocycles. The second kappa shape index (κ2) is 5.97. The number of rotatable bonds is 4. The molecule has 0 bridgehead atoms. The number of aromatic nitrogens is 2. The SMILES string of the molecule is Cc1ccc(-c2noc(CNc3cccc(Cl)c3)n2)cc1. The molecule has 0 spiro atoms. The van der Waals surface area contributed by atoms with Crippen molar-refractivity contribution in [3.8, 4) is 11.4 Å². The van der Waals surface area contributed by atoms with Crippen molar-refractivity contribution in [2.75, 3.05) is 5.32 Å². The highest BCUT2D eigenvalue weighted by atomic mass is 35.5. The molecule has 3 aromatic rings. The fraction of sp³-hybridized carbons (Fsp3) is 0.125. The summed E-state index contributed by atoms with van der Waals surface area (Å²) in [5.74, 6) is 1.13. The zero-order valence-electron chi connectivity index (χ0n) is 11.5. The van der Waals surface area contributed by atoms with Gasteiger partial charge in [-0.1, -0.05) is 52.7 Å². The van der Waals surface area contributed by atoms with Gasteiger partial charge in [-0.2, -0.15) is 4.98 Å². The number of hydrogen-bond acceptors (Lipinski definition) is 4. The van der Waals surface area contributed by atoms with Crippen LogP contribution in [0.1, 0.15) is 11.5 Å². The molecular weight excluding hydrogens is 286 g/mol. The van der Waals surface area contributed by atoms with Gasteiger partial charge in [0.15, 0.2) is 0 Å². The zero-order chi connectivity index (χ0) is 14.7. The molecule has 5 heteroatoms. The number of hydrogen-bond donors (Lipinski definition) is 1. The maximum atomic E-state index is 5.93. The van der Waals surface area contributed by atoms with E-state index in [-0.39, 0.29) is 0 Å². The second-order valence-corrected chi connectivity index (χ2v) is 5.18. The number of nitrogens with one attached hydrogen (secondary N) is 1. The lowest BCUT2D eigenvalue weighted by Crippen LogP contribution is -1.99. The standard InChI is InChI=1S/C16H14ClN3O/c1-11-5-7-12(8-6-11)16-19-15(21-20-16)10-18-14-4-2-3-13(17)9-14/h2-9,18H,10H2,1H3. The maximum Gasteiger partial charge on any atom is 0.246 e. The van der Waals surface area contributed by atoms with Crippen molar-refractivity contribution >= 4 is 17.3 Å². The quantitative estimate of drug-likeness (QED) is 0.780. The van der Waals surface area contributed by atoms with Crippen LogP contribution in [0.5, 0.6) is 0 Å². The van der Waals surface area contributed by atoms with E-state index >= 15 is 0 Å². The first kappa shape index (κ1) is 13.6. The average molecular weight is 300 g/mol. The van der Waals surface area contributed by atoms with Gasteiger partial charge in [0.2, 0.25) is 11.7 Å². The predicted octanol–water partition coefficient (Wildman–Crippen LogP) is 4.31. The van der Waals surface area contributed by atoms with Crippen molar-refractivity contribution < 1.29 is 4.52 Å². The zero-order valence-corrected chi connectivity index (χ0v) is 12.3. The third kappa shape index (κ3) is 3.41. The van der Waals surface area contributed by atoms with Crippen molar-refractivity contribution in [1.29, 1.82) is 0 Å². The molecule has 3 rings (SSSR count). The van der Waals surface area contributed by atoms with Crippen LogP contribution in [0.25, 0.3) is 11.4 Å². The van der Waals surface area contributed by atoms with Gasteiger partial charge < -0.3 is 9.84 Å². The summed E-state index contributed by atoms with van der Waals surface area (Å²) in [6.45, 7) is 2.50. The normalized spacial score (nSPS) is 10.6. The average Bonchev–Trinajstić information content (AvgIpc) is 2.95. The molecule has 1 N–H and O–H groups in total. The highest BCUT2D eigenvalue weighted by Gasteiger charge is 2.08. The minimum Gasteiger partial charge on any atom is -0.376 e. The van der Waals surface area contributed by atoms with Gasteiger partial charge in [-0.3, -0.25) is 0 Å². The Kier molecular flexibility index (Phi) is 3.88. The van der Waals surface area contributed by atoms with Gasteiger partial charge in [-0.25, -0.2) is 0 Å². The Bertz CT molecular complexity index is 737. The molecule has 2 aromatic carbocycles. The van der Waals surface area contributed by atoms with Crippen molar-refractivity contribution in [2.45, 2.75) is 13.5 Å². The van der Waals surface area contributed by atoms with E-state index in [0.717, 1.165) is 11.3 Å². The van der Waals surface area contributed by atoms with Gasteiger partial charge >= 0.3 is 0 Å². The van der Waals surface area contributed by atoms with Crippen molar-refractivity contribution in [3.05, 3.63) is 65.0 Å². The van der Waals surface area contributed by atoms with E-state index < -0.39 is 0 Å². The molecule has 0 atom stereocenters. The molecule has 0 fully saturated rings. The highest BCUT2D eigenvalue weighted by molar-refractivity contribution is 6.30. The van der Waals surface area contributed by atoms with Crippen LogP contribution in [0.4, 0.5) is 5.69 Å². The lowest BCUT2D eigenvalue weighted by molar-refractivity contribution is 0.384. The van der Waals surface area contributed by atoms with E-state index in [9.17, 15) is 0 Å². The Morgan fingerprint density at radius 1 is 1.14 bits per heavy atom. The number of benzene rings is 2. The summed E-state index contributed by atoms with van der Waals surface area (Å²) in [6, 6.07) is 15.5. The molecule has 4 nitrogen and oxygen atoms in total. The van der Waals surface area contributed by atoms with Gasteiger partial charge in [0.05, 0.1) is 6.54 Å². The Labute approximate surface area is 127 Å². The number of anilines is 1. The highest BCUT2D eigenvalue weighted by Crippen LogP contribution is 2.18. The third-order valence-corrected chi connectivity index (χ3v) is 3.28. The van der Waals surface area contributed by atoms with Gasteiger partial charge in [0.25, 0.3) is 0 Å². The molecule has 21 heavy (non-hydrogen) atoms. The molecule has 0 saturated carbocycles.